The van der Waals surface area contributed by atoms with E-state index in [1.165, 1.54) is 42.1 Å². The molecule has 0 fully saturated rings. The van der Waals surface area contributed by atoms with Crippen LogP contribution in [0.15, 0.2) is 186 Å². The normalized spacial score (nSPS) is 11.7. The largest absolute Gasteiger partial charge is 0.456 e. The predicted octanol–water partition coefficient (Wildman–Crippen LogP) is 14.2. The van der Waals surface area contributed by atoms with Crippen molar-refractivity contribution in [3.05, 3.63) is 182 Å². The number of para-hydroxylation sites is 1. The smallest absolute Gasteiger partial charge is 0.160 e. The van der Waals surface area contributed by atoms with Crippen LogP contribution < -0.4 is 0 Å². The summed E-state index contributed by atoms with van der Waals surface area (Å²) in [5.74, 6) is 0.669. The maximum atomic E-state index is 6.18. The van der Waals surface area contributed by atoms with Gasteiger partial charge in [-0.2, -0.15) is 0 Å². The Morgan fingerprint density at radius 1 is 0.370 bits per heavy atom. The summed E-state index contributed by atoms with van der Waals surface area (Å²) in [4.78, 5) is 10.6. The highest BCUT2D eigenvalue weighted by Gasteiger charge is 2.17. The summed E-state index contributed by atoms with van der Waals surface area (Å²) in [6.45, 7) is 0. The first-order chi connectivity index (χ1) is 26.7. The Bertz CT molecular complexity index is 3220. The number of thiophene rings is 1. The van der Waals surface area contributed by atoms with Gasteiger partial charge in [-0.25, -0.2) is 9.97 Å². The zero-order valence-corrected chi connectivity index (χ0v) is 29.8. The van der Waals surface area contributed by atoms with E-state index in [4.69, 9.17) is 14.4 Å². The van der Waals surface area contributed by atoms with Gasteiger partial charge in [0.05, 0.1) is 11.4 Å². The van der Waals surface area contributed by atoms with E-state index in [9.17, 15) is 0 Å². The SMILES string of the molecule is c1ccc(-c2cc(-c3cc(-c4cccc5ccccc45)cc(-c4cccc5c4sc4ccccc45)c3)nc(-c3ccc4oc5ccccc5c4c3)n2)cc1. The van der Waals surface area contributed by atoms with Crippen molar-refractivity contribution < 1.29 is 4.42 Å². The highest BCUT2D eigenvalue weighted by Crippen LogP contribution is 2.43. The van der Waals surface area contributed by atoms with Gasteiger partial charge in [0, 0.05) is 47.6 Å². The van der Waals surface area contributed by atoms with Crippen molar-refractivity contribution in [3.8, 4) is 56.2 Å². The van der Waals surface area contributed by atoms with Gasteiger partial charge >= 0.3 is 0 Å². The summed E-state index contributed by atoms with van der Waals surface area (Å²) in [7, 11) is 0. The molecular formula is C50H30N2OS. The molecule has 0 saturated carbocycles. The van der Waals surface area contributed by atoms with Crippen molar-refractivity contribution in [2.24, 2.45) is 0 Å². The van der Waals surface area contributed by atoms with Gasteiger partial charge < -0.3 is 4.42 Å². The Kier molecular flexibility index (Phi) is 7.04. The molecule has 8 aromatic carbocycles. The minimum Gasteiger partial charge on any atom is -0.456 e. The van der Waals surface area contributed by atoms with Gasteiger partial charge in [0.15, 0.2) is 5.82 Å². The lowest BCUT2D eigenvalue weighted by atomic mass is 9.91. The average molecular weight is 707 g/mol. The van der Waals surface area contributed by atoms with Gasteiger partial charge in [0.25, 0.3) is 0 Å². The molecule has 0 saturated heterocycles. The number of aromatic nitrogens is 2. The van der Waals surface area contributed by atoms with E-state index in [0.717, 1.165) is 61.1 Å². The van der Waals surface area contributed by atoms with Crippen molar-refractivity contribution in [2.75, 3.05) is 0 Å². The number of furan rings is 1. The van der Waals surface area contributed by atoms with E-state index >= 15 is 0 Å². The zero-order chi connectivity index (χ0) is 35.6. The number of hydrogen-bond acceptors (Lipinski definition) is 4. The molecule has 0 amide bonds. The van der Waals surface area contributed by atoms with Crippen LogP contribution in [0.4, 0.5) is 0 Å². The maximum Gasteiger partial charge on any atom is 0.160 e. The standard InChI is InChI=1S/C50H30N2OS/c1-2-13-32(14-3-1)44-30-45(52-50(51-44)33-24-25-47-43(29-33)40-17-6-8-22-46(40)53-47)36-27-34(38-19-10-15-31-12-4-5-16-37(31)38)26-35(28-36)39-20-11-21-42-41-18-7-9-23-48(41)54-49(39)42/h1-30H. The van der Waals surface area contributed by atoms with Gasteiger partial charge in [0.2, 0.25) is 0 Å². The van der Waals surface area contributed by atoms with E-state index in [1.54, 1.807) is 0 Å². The van der Waals surface area contributed by atoms with Crippen LogP contribution in [0.25, 0.3) is 109 Å². The lowest BCUT2D eigenvalue weighted by molar-refractivity contribution is 0.669. The van der Waals surface area contributed by atoms with Gasteiger partial charge in [-0.05, 0) is 87.6 Å². The fourth-order valence-corrected chi connectivity index (χ4v) is 9.12. The molecule has 0 radical (unpaired) electrons. The highest BCUT2D eigenvalue weighted by molar-refractivity contribution is 7.26. The third-order valence-electron chi connectivity index (χ3n) is 10.5. The Morgan fingerprint density at radius 3 is 1.89 bits per heavy atom. The molecule has 11 aromatic rings. The summed E-state index contributed by atoms with van der Waals surface area (Å²) < 4.78 is 8.76. The van der Waals surface area contributed by atoms with E-state index < -0.39 is 0 Å². The first kappa shape index (κ1) is 30.7. The first-order valence-corrected chi connectivity index (χ1v) is 19.0. The van der Waals surface area contributed by atoms with Gasteiger partial charge in [-0.3, -0.25) is 0 Å². The molecule has 4 heteroatoms. The lowest BCUT2D eigenvalue weighted by Crippen LogP contribution is -1.96. The molecule has 3 nitrogen and oxygen atoms in total. The molecule has 0 aliphatic heterocycles. The van der Waals surface area contributed by atoms with Gasteiger partial charge in [-0.15, -0.1) is 11.3 Å². The Hall–Kier alpha value is -6.88. The van der Waals surface area contributed by atoms with Crippen molar-refractivity contribution in [2.45, 2.75) is 0 Å². The second-order valence-electron chi connectivity index (χ2n) is 13.7. The zero-order valence-electron chi connectivity index (χ0n) is 29.0. The Labute approximate surface area is 315 Å². The number of nitrogens with zero attached hydrogens (tertiary/aromatic N) is 2. The number of hydrogen-bond donors (Lipinski definition) is 0. The maximum absolute atomic E-state index is 6.18. The van der Waals surface area contributed by atoms with Crippen molar-refractivity contribution in [3.63, 3.8) is 0 Å². The lowest BCUT2D eigenvalue weighted by Gasteiger charge is -2.15. The van der Waals surface area contributed by atoms with Crippen LogP contribution >= 0.6 is 11.3 Å². The second-order valence-corrected chi connectivity index (χ2v) is 14.8. The molecule has 0 N–H and O–H groups in total. The summed E-state index contributed by atoms with van der Waals surface area (Å²) in [5.41, 5.74) is 11.2. The third-order valence-corrected chi connectivity index (χ3v) is 11.7. The molecule has 3 heterocycles. The van der Waals surface area contributed by atoms with Crippen LogP contribution in [0.2, 0.25) is 0 Å². The Balaban J connectivity index is 1.17. The fourth-order valence-electron chi connectivity index (χ4n) is 7.88. The molecule has 3 aromatic heterocycles. The highest BCUT2D eigenvalue weighted by atomic mass is 32.1. The van der Waals surface area contributed by atoms with E-state index in [-0.39, 0.29) is 0 Å². The molecule has 0 aliphatic carbocycles. The minimum absolute atomic E-state index is 0.669. The van der Waals surface area contributed by atoms with Crippen molar-refractivity contribution in [1.29, 1.82) is 0 Å². The summed E-state index contributed by atoms with van der Waals surface area (Å²) in [6.07, 6.45) is 0. The van der Waals surface area contributed by atoms with E-state index in [2.05, 4.69) is 158 Å². The summed E-state index contributed by atoms with van der Waals surface area (Å²) in [6, 6.07) is 64.5. The topological polar surface area (TPSA) is 38.9 Å². The molecule has 54 heavy (non-hydrogen) atoms. The minimum atomic E-state index is 0.669. The summed E-state index contributed by atoms with van der Waals surface area (Å²) >= 11 is 1.86. The fraction of sp³-hybridized carbons (Fsp3) is 0. The molecule has 0 atom stereocenters. The predicted molar refractivity (Wildman–Crippen MR) is 227 cm³/mol. The summed E-state index contributed by atoms with van der Waals surface area (Å²) in [5, 5.41) is 7.14. The van der Waals surface area contributed by atoms with Crippen LogP contribution in [0.3, 0.4) is 0 Å². The average Bonchev–Trinajstić information content (AvgIpc) is 3.82. The Morgan fingerprint density at radius 2 is 1.00 bits per heavy atom. The van der Waals surface area contributed by atoms with Crippen LogP contribution in [-0.2, 0) is 0 Å². The van der Waals surface area contributed by atoms with E-state index in [0.29, 0.717) is 5.82 Å². The number of rotatable bonds is 5. The molecule has 0 spiro atoms. The third kappa shape index (κ3) is 5.11. The molecular weight excluding hydrogens is 677 g/mol. The van der Waals surface area contributed by atoms with Crippen molar-refractivity contribution >= 4 is 64.2 Å². The molecule has 0 bridgehead atoms. The van der Waals surface area contributed by atoms with Crippen LogP contribution in [0, 0.1) is 0 Å². The molecule has 11 rings (SSSR count). The monoisotopic (exact) mass is 706 g/mol. The van der Waals surface area contributed by atoms with Crippen molar-refractivity contribution in [1.82, 2.24) is 9.97 Å². The van der Waals surface area contributed by atoms with Crippen LogP contribution in [0.1, 0.15) is 0 Å². The molecule has 0 unspecified atom stereocenters. The number of fused-ring (bicyclic) bond motifs is 7. The van der Waals surface area contributed by atoms with Gasteiger partial charge in [-0.1, -0.05) is 127 Å². The number of benzene rings is 8. The van der Waals surface area contributed by atoms with E-state index in [1.807, 2.05) is 35.6 Å². The second kappa shape index (κ2) is 12.4. The molecule has 0 aliphatic rings. The molecule has 252 valence electrons. The van der Waals surface area contributed by atoms with Crippen LogP contribution in [-0.4, -0.2) is 9.97 Å². The first-order valence-electron chi connectivity index (χ1n) is 18.1. The quantitative estimate of drug-likeness (QED) is 0.179. The van der Waals surface area contributed by atoms with Gasteiger partial charge in [0.1, 0.15) is 11.2 Å². The van der Waals surface area contributed by atoms with Crippen LogP contribution in [0.5, 0.6) is 0 Å².